The Morgan fingerprint density at radius 2 is 1.95 bits per heavy atom. The monoisotopic (exact) mass is 332 g/mol. The highest BCUT2D eigenvalue weighted by Gasteiger charge is 2.16. The molecule has 2 unspecified atom stereocenters. The quantitative estimate of drug-likeness (QED) is 0.750. The molecule has 0 saturated heterocycles. The fourth-order valence-corrected chi connectivity index (χ4v) is 2.13. The van der Waals surface area contributed by atoms with Gasteiger partial charge in [-0.2, -0.15) is 0 Å². The lowest BCUT2D eigenvalue weighted by Crippen LogP contribution is -2.33. The normalized spacial score (nSPS) is 13.5. The van der Waals surface area contributed by atoms with Gasteiger partial charge in [0.25, 0.3) is 5.91 Å². The van der Waals surface area contributed by atoms with Crippen LogP contribution in [0, 0.1) is 5.92 Å². The summed E-state index contributed by atoms with van der Waals surface area (Å²) in [6, 6.07) is 2.93. The topological polar surface area (TPSA) is 79.3 Å². The molecule has 1 amide bonds. The molecule has 0 aliphatic carbocycles. The van der Waals surface area contributed by atoms with E-state index in [1.807, 2.05) is 6.92 Å². The molecule has 21 heavy (non-hydrogen) atoms. The number of pyridine rings is 1. The Bertz CT molecular complexity index is 523. The number of aromatic nitrogens is 1. The van der Waals surface area contributed by atoms with Crippen molar-refractivity contribution < 1.29 is 14.7 Å². The number of amides is 1. The molecule has 0 radical (unpaired) electrons. The van der Waals surface area contributed by atoms with Gasteiger partial charge in [-0.05, 0) is 31.9 Å². The lowest BCUT2D eigenvalue weighted by atomic mass is 10.0. The van der Waals surface area contributed by atoms with E-state index in [1.54, 1.807) is 6.92 Å². The third-order valence-electron chi connectivity index (χ3n) is 3.10. The van der Waals surface area contributed by atoms with Gasteiger partial charge in [0.2, 0.25) is 0 Å². The second-order valence-electron chi connectivity index (χ2n) is 5.01. The van der Waals surface area contributed by atoms with Crippen LogP contribution in [0.1, 0.15) is 43.6 Å². The Hall–Kier alpha value is -1.33. The predicted octanol–water partition coefficient (Wildman–Crippen LogP) is 3.40. The van der Waals surface area contributed by atoms with Gasteiger partial charge in [0.15, 0.2) is 0 Å². The molecular weight excluding hydrogens is 315 g/mol. The van der Waals surface area contributed by atoms with E-state index in [9.17, 15) is 9.59 Å². The predicted molar refractivity (Wildman–Crippen MR) is 81.8 cm³/mol. The standard InChI is InChI=1S/C14H18Cl2N2O3/c1-8(14(20)21)4-3-5-9(2)17-13(19)12-10(15)6-7-11(16)18-12/h6-9H,3-5H2,1-2H3,(H,17,19)(H,20,21). The fraction of sp³-hybridized carbons (Fsp3) is 0.500. The van der Waals surface area contributed by atoms with Gasteiger partial charge in [0, 0.05) is 6.04 Å². The summed E-state index contributed by atoms with van der Waals surface area (Å²) in [7, 11) is 0. The van der Waals surface area contributed by atoms with E-state index in [0.717, 1.165) is 0 Å². The number of halogens is 2. The summed E-state index contributed by atoms with van der Waals surface area (Å²) in [4.78, 5) is 26.6. The molecule has 1 rings (SSSR count). The van der Waals surface area contributed by atoms with Crippen LogP contribution in [0.25, 0.3) is 0 Å². The molecule has 1 heterocycles. The molecule has 5 nitrogen and oxygen atoms in total. The van der Waals surface area contributed by atoms with Gasteiger partial charge >= 0.3 is 5.97 Å². The Labute approximate surface area is 133 Å². The molecule has 116 valence electrons. The van der Waals surface area contributed by atoms with E-state index in [4.69, 9.17) is 28.3 Å². The number of nitrogens with one attached hydrogen (secondary N) is 1. The van der Waals surface area contributed by atoms with Crippen molar-refractivity contribution in [3.8, 4) is 0 Å². The summed E-state index contributed by atoms with van der Waals surface area (Å²) < 4.78 is 0. The number of nitrogens with zero attached hydrogens (tertiary/aromatic N) is 1. The number of carboxylic acid groups (broad SMARTS) is 1. The Morgan fingerprint density at radius 3 is 2.57 bits per heavy atom. The van der Waals surface area contributed by atoms with Crippen LogP contribution in [0.4, 0.5) is 0 Å². The van der Waals surface area contributed by atoms with E-state index < -0.39 is 5.97 Å². The van der Waals surface area contributed by atoms with Crippen molar-refractivity contribution in [1.29, 1.82) is 0 Å². The number of hydrogen-bond acceptors (Lipinski definition) is 3. The summed E-state index contributed by atoms with van der Waals surface area (Å²) in [6.07, 6.45) is 1.97. The fourth-order valence-electron chi connectivity index (χ4n) is 1.80. The smallest absolute Gasteiger partial charge is 0.306 e. The largest absolute Gasteiger partial charge is 0.481 e. The van der Waals surface area contributed by atoms with Crippen LogP contribution >= 0.6 is 23.2 Å². The highest BCUT2D eigenvalue weighted by molar-refractivity contribution is 6.34. The summed E-state index contributed by atoms with van der Waals surface area (Å²) in [5.74, 6) is -1.57. The van der Waals surface area contributed by atoms with Crippen LogP contribution in [0.3, 0.4) is 0 Å². The van der Waals surface area contributed by atoms with Crippen molar-refractivity contribution in [2.24, 2.45) is 5.92 Å². The molecule has 0 bridgehead atoms. The molecule has 7 heteroatoms. The molecule has 0 spiro atoms. The van der Waals surface area contributed by atoms with Crippen LogP contribution < -0.4 is 5.32 Å². The van der Waals surface area contributed by atoms with E-state index in [0.29, 0.717) is 19.3 Å². The third-order valence-corrected chi connectivity index (χ3v) is 3.62. The molecule has 2 atom stereocenters. The van der Waals surface area contributed by atoms with Crippen LogP contribution in [0.15, 0.2) is 12.1 Å². The summed E-state index contributed by atoms with van der Waals surface area (Å²) in [6.45, 7) is 3.52. The molecule has 0 aliphatic rings. The van der Waals surface area contributed by atoms with Crippen molar-refractivity contribution in [2.75, 3.05) is 0 Å². The maximum atomic E-state index is 12.0. The Morgan fingerprint density at radius 1 is 1.29 bits per heavy atom. The Balaban J connectivity index is 2.47. The minimum atomic E-state index is -0.804. The molecule has 1 aromatic heterocycles. The number of hydrogen-bond donors (Lipinski definition) is 2. The molecule has 1 aromatic rings. The van der Waals surface area contributed by atoms with Crippen LogP contribution in [-0.2, 0) is 4.79 Å². The van der Waals surface area contributed by atoms with E-state index in [1.165, 1.54) is 12.1 Å². The number of carbonyl (C=O) groups excluding carboxylic acids is 1. The second kappa shape index (κ2) is 8.20. The number of carbonyl (C=O) groups is 2. The van der Waals surface area contributed by atoms with E-state index >= 15 is 0 Å². The first kappa shape index (κ1) is 17.7. The highest BCUT2D eigenvalue weighted by Crippen LogP contribution is 2.17. The van der Waals surface area contributed by atoms with E-state index in [2.05, 4.69) is 10.3 Å². The first-order valence-corrected chi connectivity index (χ1v) is 7.42. The first-order chi connectivity index (χ1) is 9.81. The number of carboxylic acids is 1. The number of aliphatic carboxylic acids is 1. The highest BCUT2D eigenvalue weighted by atomic mass is 35.5. The van der Waals surface area contributed by atoms with Crippen LogP contribution in [-0.4, -0.2) is 28.0 Å². The van der Waals surface area contributed by atoms with Gasteiger partial charge in [0.05, 0.1) is 10.9 Å². The van der Waals surface area contributed by atoms with Gasteiger partial charge in [0.1, 0.15) is 10.8 Å². The van der Waals surface area contributed by atoms with Crippen LogP contribution in [0.5, 0.6) is 0 Å². The zero-order valence-electron chi connectivity index (χ0n) is 11.9. The maximum absolute atomic E-state index is 12.0. The zero-order chi connectivity index (χ0) is 16.0. The van der Waals surface area contributed by atoms with Crippen molar-refractivity contribution in [3.63, 3.8) is 0 Å². The number of rotatable bonds is 7. The van der Waals surface area contributed by atoms with Crippen molar-refractivity contribution in [2.45, 2.75) is 39.2 Å². The SMILES string of the molecule is CC(CCCC(C)C(=O)O)NC(=O)c1nc(Cl)ccc1Cl. The third kappa shape index (κ3) is 5.89. The maximum Gasteiger partial charge on any atom is 0.306 e. The first-order valence-electron chi connectivity index (χ1n) is 6.67. The van der Waals surface area contributed by atoms with Crippen LogP contribution in [0.2, 0.25) is 10.2 Å². The second-order valence-corrected chi connectivity index (χ2v) is 5.80. The van der Waals surface area contributed by atoms with Gasteiger partial charge in [-0.3, -0.25) is 9.59 Å². The summed E-state index contributed by atoms with van der Waals surface area (Å²) >= 11 is 11.6. The summed E-state index contributed by atoms with van der Waals surface area (Å²) in [5.41, 5.74) is 0.0925. The molecule has 0 aromatic carbocycles. The lowest BCUT2D eigenvalue weighted by Gasteiger charge is -2.14. The van der Waals surface area contributed by atoms with Gasteiger partial charge < -0.3 is 10.4 Å². The molecule has 0 fully saturated rings. The zero-order valence-corrected chi connectivity index (χ0v) is 13.4. The van der Waals surface area contributed by atoms with Gasteiger partial charge in [-0.15, -0.1) is 0 Å². The summed E-state index contributed by atoms with van der Waals surface area (Å²) in [5, 5.41) is 12.0. The van der Waals surface area contributed by atoms with Crippen molar-refractivity contribution in [3.05, 3.63) is 28.0 Å². The molecule has 0 aliphatic heterocycles. The van der Waals surface area contributed by atoms with Crippen molar-refractivity contribution >= 4 is 35.1 Å². The van der Waals surface area contributed by atoms with Gasteiger partial charge in [-0.25, -0.2) is 4.98 Å². The van der Waals surface area contributed by atoms with E-state index in [-0.39, 0.29) is 33.7 Å². The molecular formula is C14H18Cl2N2O3. The molecule has 0 saturated carbocycles. The minimum Gasteiger partial charge on any atom is -0.481 e. The Kier molecular flexibility index (Phi) is 6.92. The minimum absolute atomic E-state index is 0.0925. The lowest BCUT2D eigenvalue weighted by molar-refractivity contribution is -0.141. The van der Waals surface area contributed by atoms with Crippen molar-refractivity contribution in [1.82, 2.24) is 10.3 Å². The molecule has 2 N–H and O–H groups in total. The average Bonchev–Trinajstić information content (AvgIpc) is 2.41. The van der Waals surface area contributed by atoms with Gasteiger partial charge in [-0.1, -0.05) is 36.5 Å². The average molecular weight is 333 g/mol.